The zero-order valence-corrected chi connectivity index (χ0v) is 13.5. The van der Waals surface area contributed by atoms with Gasteiger partial charge in [-0.2, -0.15) is 4.98 Å². The Bertz CT molecular complexity index is 857. The third kappa shape index (κ3) is 3.77. The van der Waals surface area contributed by atoms with Crippen molar-refractivity contribution in [2.45, 2.75) is 13.1 Å². The number of hydrogen-bond donors (Lipinski definition) is 2. The summed E-state index contributed by atoms with van der Waals surface area (Å²) in [6, 6.07) is 11.6. The molecule has 0 unspecified atom stereocenters. The fraction of sp³-hybridized carbons (Fsp3) is 0.167. The minimum atomic E-state index is 0.278. The summed E-state index contributed by atoms with van der Waals surface area (Å²) in [4.78, 5) is 12.7. The van der Waals surface area contributed by atoms with Gasteiger partial charge >= 0.3 is 0 Å². The Morgan fingerprint density at radius 3 is 2.60 bits per heavy atom. The molecule has 7 nitrogen and oxygen atoms in total. The van der Waals surface area contributed by atoms with Crippen LogP contribution in [0.4, 0.5) is 11.8 Å². The van der Waals surface area contributed by atoms with Gasteiger partial charge in [0.1, 0.15) is 5.82 Å². The Hall–Kier alpha value is -3.35. The van der Waals surface area contributed by atoms with Gasteiger partial charge < -0.3 is 20.1 Å². The van der Waals surface area contributed by atoms with Crippen molar-refractivity contribution >= 4 is 11.8 Å². The molecule has 3 heterocycles. The van der Waals surface area contributed by atoms with Gasteiger partial charge in [0, 0.05) is 31.7 Å². The van der Waals surface area contributed by atoms with Gasteiger partial charge in [0.15, 0.2) is 11.5 Å². The maximum atomic E-state index is 5.39. The van der Waals surface area contributed by atoms with E-state index in [-0.39, 0.29) is 6.79 Å². The van der Waals surface area contributed by atoms with Crippen molar-refractivity contribution in [2.24, 2.45) is 0 Å². The van der Waals surface area contributed by atoms with Gasteiger partial charge in [-0.1, -0.05) is 6.07 Å². The number of nitrogens with one attached hydrogen (secondary N) is 2. The summed E-state index contributed by atoms with van der Waals surface area (Å²) < 4.78 is 10.7. The van der Waals surface area contributed by atoms with E-state index in [0.717, 1.165) is 28.4 Å². The molecular formula is C18H17N5O2. The monoisotopic (exact) mass is 335 g/mol. The molecule has 0 saturated carbocycles. The summed E-state index contributed by atoms with van der Waals surface area (Å²) in [5.74, 6) is 2.88. The van der Waals surface area contributed by atoms with Gasteiger partial charge in [-0.25, -0.2) is 4.98 Å². The fourth-order valence-electron chi connectivity index (χ4n) is 2.47. The molecule has 25 heavy (non-hydrogen) atoms. The maximum Gasteiger partial charge on any atom is 0.231 e. The van der Waals surface area contributed by atoms with E-state index < -0.39 is 0 Å². The molecule has 0 bridgehead atoms. The van der Waals surface area contributed by atoms with E-state index in [1.165, 1.54) is 0 Å². The lowest BCUT2D eigenvalue weighted by Crippen LogP contribution is -2.06. The van der Waals surface area contributed by atoms with E-state index >= 15 is 0 Å². The zero-order chi connectivity index (χ0) is 16.9. The quantitative estimate of drug-likeness (QED) is 0.717. The van der Waals surface area contributed by atoms with Gasteiger partial charge in [-0.05, 0) is 41.5 Å². The minimum Gasteiger partial charge on any atom is -0.454 e. The SMILES string of the molecule is c1cc(CNc2ccnc(NCc3ccc4c(c3)OCO4)n2)ccn1. The van der Waals surface area contributed by atoms with Crippen molar-refractivity contribution in [3.8, 4) is 11.5 Å². The fourth-order valence-corrected chi connectivity index (χ4v) is 2.47. The number of aromatic nitrogens is 3. The Labute approximate surface area is 145 Å². The predicted molar refractivity (Wildman–Crippen MR) is 93.5 cm³/mol. The molecule has 4 rings (SSSR count). The highest BCUT2D eigenvalue weighted by Gasteiger charge is 2.13. The van der Waals surface area contributed by atoms with Crippen LogP contribution in [0.2, 0.25) is 0 Å². The first-order chi connectivity index (χ1) is 12.4. The van der Waals surface area contributed by atoms with Crippen molar-refractivity contribution in [2.75, 3.05) is 17.4 Å². The molecule has 0 spiro atoms. The molecule has 0 aliphatic carbocycles. The molecule has 2 aromatic heterocycles. The number of fused-ring (bicyclic) bond motifs is 1. The van der Waals surface area contributed by atoms with Crippen LogP contribution < -0.4 is 20.1 Å². The number of ether oxygens (including phenoxy) is 2. The molecule has 1 aliphatic rings. The smallest absolute Gasteiger partial charge is 0.231 e. The highest BCUT2D eigenvalue weighted by molar-refractivity contribution is 5.46. The van der Waals surface area contributed by atoms with E-state index in [1.54, 1.807) is 18.6 Å². The molecule has 1 aliphatic heterocycles. The lowest BCUT2D eigenvalue weighted by Gasteiger charge is -2.09. The summed E-state index contributed by atoms with van der Waals surface area (Å²) >= 11 is 0. The molecule has 7 heteroatoms. The first-order valence-electron chi connectivity index (χ1n) is 7.95. The molecule has 0 amide bonds. The Morgan fingerprint density at radius 1 is 0.840 bits per heavy atom. The predicted octanol–water partition coefficient (Wildman–Crippen LogP) is 2.82. The van der Waals surface area contributed by atoms with Gasteiger partial charge in [0.2, 0.25) is 12.7 Å². The standard InChI is InChI=1S/C18H17N5O2/c1-2-15-16(25-12-24-15)9-14(1)11-22-18-20-8-5-17(23-18)21-10-13-3-6-19-7-4-13/h1-9H,10-12H2,(H2,20,21,22,23). The van der Waals surface area contributed by atoms with Crippen molar-refractivity contribution in [3.63, 3.8) is 0 Å². The molecule has 2 N–H and O–H groups in total. The lowest BCUT2D eigenvalue weighted by atomic mass is 10.2. The maximum absolute atomic E-state index is 5.39. The van der Waals surface area contributed by atoms with Crippen LogP contribution in [0.3, 0.4) is 0 Å². The molecular weight excluding hydrogens is 318 g/mol. The minimum absolute atomic E-state index is 0.278. The average molecular weight is 335 g/mol. The van der Waals surface area contributed by atoms with Crippen LogP contribution in [-0.4, -0.2) is 21.7 Å². The van der Waals surface area contributed by atoms with E-state index in [9.17, 15) is 0 Å². The van der Waals surface area contributed by atoms with Crippen molar-refractivity contribution in [1.82, 2.24) is 15.0 Å². The second kappa shape index (κ2) is 7.04. The number of pyridine rings is 1. The van der Waals surface area contributed by atoms with Crippen LogP contribution in [0.25, 0.3) is 0 Å². The van der Waals surface area contributed by atoms with E-state index in [0.29, 0.717) is 19.0 Å². The van der Waals surface area contributed by atoms with Crippen molar-refractivity contribution in [3.05, 3.63) is 66.1 Å². The largest absolute Gasteiger partial charge is 0.454 e. The van der Waals surface area contributed by atoms with Crippen molar-refractivity contribution in [1.29, 1.82) is 0 Å². The first-order valence-corrected chi connectivity index (χ1v) is 7.95. The Kier molecular flexibility index (Phi) is 4.28. The summed E-state index contributed by atoms with van der Waals surface area (Å²) in [6.45, 7) is 1.56. The molecule has 0 atom stereocenters. The number of nitrogens with zero attached hydrogens (tertiary/aromatic N) is 3. The molecule has 0 saturated heterocycles. The second-order valence-corrected chi connectivity index (χ2v) is 5.52. The Morgan fingerprint density at radius 2 is 1.68 bits per heavy atom. The van der Waals surface area contributed by atoms with Crippen LogP contribution in [0.15, 0.2) is 55.0 Å². The Balaban J connectivity index is 1.36. The summed E-state index contributed by atoms with van der Waals surface area (Å²) in [5.41, 5.74) is 2.21. The van der Waals surface area contributed by atoms with Crippen LogP contribution in [0, 0.1) is 0 Å². The normalized spacial score (nSPS) is 12.0. The van der Waals surface area contributed by atoms with Crippen LogP contribution >= 0.6 is 0 Å². The summed E-state index contributed by atoms with van der Waals surface area (Å²) in [7, 11) is 0. The van der Waals surface area contributed by atoms with Crippen molar-refractivity contribution < 1.29 is 9.47 Å². The summed E-state index contributed by atoms with van der Waals surface area (Å²) in [6.07, 6.45) is 5.27. The highest BCUT2D eigenvalue weighted by atomic mass is 16.7. The van der Waals surface area contributed by atoms with Crippen LogP contribution in [0.1, 0.15) is 11.1 Å². The van der Waals surface area contributed by atoms with Gasteiger partial charge in [0.25, 0.3) is 0 Å². The third-order valence-electron chi connectivity index (χ3n) is 3.77. The lowest BCUT2D eigenvalue weighted by molar-refractivity contribution is 0.174. The van der Waals surface area contributed by atoms with E-state index in [2.05, 4.69) is 25.6 Å². The second-order valence-electron chi connectivity index (χ2n) is 5.52. The van der Waals surface area contributed by atoms with E-state index in [4.69, 9.17) is 9.47 Å². The zero-order valence-electron chi connectivity index (χ0n) is 13.5. The summed E-state index contributed by atoms with van der Waals surface area (Å²) in [5, 5.41) is 6.50. The molecule has 3 aromatic rings. The number of benzene rings is 1. The third-order valence-corrected chi connectivity index (χ3v) is 3.77. The van der Waals surface area contributed by atoms with Gasteiger partial charge in [-0.3, -0.25) is 4.98 Å². The van der Waals surface area contributed by atoms with Crippen LogP contribution in [0.5, 0.6) is 11.5 Å². The highest BCUT2D eigenvalue weighted by Crippen LogP contribution is 2.32. The average Bonchev–Trinajstić information content (AvgIpc) is 3.14. The molecule has 0 radical (unpaired) electrons. The van der Waals surface area contributed by atoms with Gasteiger partial charge in [-0.15, -0.1) is 0 Å². The van der Waals surface area contributed by atoms with Crippen LogP contribution in [-0.2, 0) is 13.1 Å². The van der Waals surface area contributed by atoms with E-state index in [1.807, 2.05) is 36.4 Å². The van der Waals surface area contributed by atoms with Gasteiger partial charge in [0.05, 0.1) is 0 Å². The molecule has 126 valence electrons. The first kappa shape index (κ1) is 15.2. The topological polar surface area (TPSA) is 81.2 Å². The number of hydrogen-bond acceptors (Lipinski definition) is 7. The molecule has 0 fully saturated rings. The number of anilines is 2. The molecule has 1 aromatic carbocycles. The number of rotatable bonds is 6.